The summed E-state index contributed by atoms with van der Waals surface area (Å²) in [5.74, 6) is 0. The van der Waals surface area contributed by atoms with Crippen molar-refractivity contribution in [1.82, 2.24) is 0 Å². The van der Waals surface area contributed by atoms with Gasteiger partial charge in [0.15, 0.2) is 52.3 Å². The van der Waals surface area contributed by atoms with E-state index < -0.39 is 275 Å². The smallest absolute Gasteiger partial charge is 0.192 e. The maximum absolute atomic E-state index is 11.5. The predicted molar refractivity (Wildman–Crippen MR) is 327 cm³/mol. The largest absolute Gasteiger partial charge is 0.408 e. The van der Waals surface area contributed by atoms with Crippen LogP contribution in [0.4, 0.5) is 0 Å². The van der Waals surface area contributed by atoms with Gasteiger partial charge in [-0.2, -0.15) is 0 Å². The molecular formula is C61H110O35Si. The molecule has 21 aliphatic rings. The molecule has 97 heavy (non-hydrogen) atoms. The van der Waals surface area contributed by atoms with Gasteiger partial charge in [0.2, 0.25) is 0 Å². The Morgan fingerprint density at radius 2 is 0.361 bits per heavy atom. The zero-order valence-electron chi connectivity index (χ0n) is 58.7. The average molecular weight is 1430 g/mol. The Bertz CT molecular complexity index is 2280. The first-order valence-corrected chi connectivity index (χ1v) is 35.5. The van der Waals surface area contributed by atoms with Crippen LogP contribution in [0.25, 0.3) is 0 Å². The molecule has 7 N–H and O–H groups in total. The molecule has 0 aliphatic carbocycles. The summed E-state index contributed by atoms with van der Waals surface area (Å²) in [4.78, 5) is 0. The van der Waals surface area contributed by atoms with E-state index in [0.717, 1.165) is 0 Å². The van der Waals surface area contributed by atoms with Gasteiger partial charge in [-0.05, 0) is 18.1 Å². The minimum Gasteiger partial charge on any atom is -0.408 e. The Hall–Kier alpha value is -1.18. The van der Waals surface area contributed by atoms with Crippen LogP contribution in [0.15, 0.2) is 0 Å². The van der Waals surface area contributed by atoms with Crippen LogP contribution in [-0.2, 0) is 132 Å². The molecule has 0 aromatic heterocycles. The van der Waals surface area contributed by atoms with E-state index in [2.05, 4.69) is 0 Å². The molecule has 0 unspecified atom stereocenters. The monoisotopic (exact) mass is 1430 g/mol. The second kappa shape index (κ2) is 36.7. The molecular weight excluding hydrogens is 1320 g/mol. The van der Waals surface area contributed by atoms with Gasteiger partial charge in [-0.1, -0.05) is 20.8 Å². The van der Waals surface area contributed by atoms with Crippen molar-refractivity contribution in [3.8, 4) is 0 Å². The number of rotatable bonds is 22. The van der Waals surface area contributed by atoms with E-state index in [4.69, 9.17) is 132 Å². The van der Waals surface area contributed by atoms with Crippen molar-refractivity contribution in [2.45, 2.75) is 254 Å². The van der Waals surface area contributed by atoms with Crippen LogP contribution >= 0.6 is 0 Å². The average Bonchev–Trinajstić information content (AvgIpc) is 0.770. The van der Waals surface area contributed by atoms with Crippen LogP contribution in [0.2, 0.25) is 18.1 Å². The van der Waals surface area contributed by atoms with E-state index in [1.165, 1.54) is 92.4 Å². The van der Waals surface area contributed by atoms with Gasteiger partial charge in [-0.3, -0.25) is 0 Å². The topological polar surface area (TPSA) is 400 Å². The van der Waals surface area contributed by atoms with Crippen molar-refractivity contribution in [2.24, 2.45) is 0 Å². The fraction of sp³-hybridized carbons (Fsp3) is 1.00. The summed E-state index contributed by atoms with van der Waals surface area (Å²) in [6.45, 7) is 5.29. The van der Waals surface area contributed by atoms with Crippen LogP contribution in [0, 0.1) is 0 Å². The molecule has 21 saturated heterocycles. The minimum absolute atomic E-state index is 0.429. The van der Waals surface area contributed by atoms with Crippen molar-refractivity contribution in [1.29, 1.82) is 0 Å². The normalized spacial score (nSPS) is 46.8. The van der Waals surface area contributed by atoms with Crippen LogP contribution in [0.5, 0.6) is 0 Å². The van der Waals surface area contributed by atoms with Crippen LogP contribution in [0.3, 0.4) is 0 Å². The molecule has 0 aromatic carbocycles. The van der Waals surface area contributed by atoms with E-state index in [1.807, 2.05) is 33.9 Å². The highest BCUT2D eigenvalue weighted by Gasteiger charge is 2.63. The van der Waals surface area contributed by atoms with Crippen LogP contribution in [-0.4, -0.2) is 398 Å². The Labute approximate surface area is 567 Å². The van der Waals surface area contributed by atoms with Crippen molar-refractivity contribution in [3.63, 3.8) is 0 Å². The molecule has 21 rings (SSSR count). The summed E-state index contributed by atoms with van der Waals surface area (Å²) in [5.41, 5.74) is 0. The summed E-state index contributed by atoms with van der Waals surface area (Å²) in [5, 5.41) is 78.3. The number of aliphatic hydroxyl groups is 7. The molecule has 35 atom stereocenters. The Morgan fingerprint density at radius 3 is 0.485 bits per heavy atom. The van der Waals surface area contributed by atoms with Crippen molar-refractivity contribution < 1.29 is 168 Å². The minimum atomic E-state index is -2.90. The first-order chi connectivity index (χ1) is 46.6. The molecule has 0 saturated carbocycles. The number of aliphatic hydroxyl groups excluding tert-OH is 7. The first kappa shape index (κ1) is 81.5. The standard InChI is InChI=1S/C61H110O35Si/c1-61(2,3)97(17,18)96-46-39-32(25-68)88-60(53(46)81-16)94-38-31(24-67)86-58(51(79-14)45(38)74-9)92-36-29(22-65)84-56(49(77-12)43(36)72-7)90-34-27(20-63)82-54(47(75-10)41(34)70-5)89-33-26(19-62)83-55(48(76-11)40(33)69-4)91-35-28(21-64)85-57(50(78-13)42(35)71-6)93-37-30(23-66)87-59(95-39)52(80-15)44(37)73-8/h26-60,62-68H,19-25H2,1-18H3/t26-,27-,28-,29-,30-,31-,32-,33-,34-,35-,36-,37-,38-,39-,40+,41+,42+,43-,44+,45-,46+,47-,48-,49+,50-,51+,52-,53-,54-,55-,56-,57-,58-,59-,60-/m1/s1. The van der Waals surface area contributed by atoms with E-state index in [1.54, 1.807) is 0 Å². The highest BCUT2D eigenvalue weighted by Crippen LogP contribution is 2.45. The fourth-order valence-electron chi connectivity index (χ4n) is 14.2. The lowest BCUT2D eigenvalue weighted by Crippen LogP contribution is -2.70. The lowest BCUT2D eigenvalue weighted by molar-refractivity contribution is -0.402. The van der Waals surface area contributed by atoms with E-state index in [9.17, 15) is 35.7 Å². The molecule has 14 bridgehead atoms. The first-order valence-electron chi connectivity index (χ1n) is 32.6. The number of hydrogen-bond acceptors (Lipinski definition) is 35. The molecule has 0 spiro atoms. The predicted octanol–water partition coefficient (Wildman–Crippen LogP) is -3.70. The van der Waals surface area contributed by atoms with Crippen molar-refractivity contribution in [2.75, 3.05) is 139 Å². The van der Waals surface area contributed by atoms with Crippen molar-refractivity contribution >= 4 is 8.32 Å². The second-order valence-corrected chi connectivity index (χ2v) is 31.0. The number of ether oxygens (including phenoxy) is 27. The fourth-order valence-corrected chi connectivity index (χ4v) is 15.5. The molecule has 0 radical (unpaired) electrons. The highest BCUT2D eigenvalue weighted by atomic mass is 28.4. The Balaban J connectivity index is 1.23. The Kier molecular flexibility index (Phi) is 30.8. The van der Waals surface area contributed by atoms with Gasteiger partial charge >= 0.3 is 0 Å². The van der Waals surface area contributed by atoms with E-state index in [0.29, 0.717) is 0 Å². The lowest BCUT2D eigenvalue weighted by Gasteiger charge is -2.53. The van der Waals surface area contributed by atoms with Gasteiger partial charge in [0.05, 0.1) is 46.2 Å². The third kappa shape index (κ3) is 16.8. The summed E-state index contributed by atoms with van der Waals surface area (Å²) in [6.07, 6.45) is -43.9. The number of methoxy groups -OCH3 is 13. The molecule has 21 aliphatic heterocycles. The molecule has 36 heteroatoms. The van der Waals surface area contributed by atoms with E-state index >= 15 is 0 Å². The van der Waals surface area contributed by atoms with Crippen LogP contribution < -0.4 is 0 Å². The molecule has 0 amide bonds. The summed E-state index contributed by atoms with van der Waals surface area (Å²) in [6, 6.07) is 0. The van der Waals surface area contributed by atoms with Gasteiger partial charge in [0, 0.05) is 92.4 Å². The van der Waals surface area contributed by atoms with Gasteiger partial charge < -0.3 is 168 Å². The zero-order chi connectivity index (χ0) is 71.0. The Morgan fingerprint density at radius 1 is 0.227 bits per heavy atom. The van der Waals surface area contributed by atoms with Gasteiger partial charge in [0.1, 0.15) is 171 Å². The molecule has 35 nitrogen and oxygen atoms in total. The summed E-state index contributed by atoms with van der Waals surface area (Å²) >= 11 is 0. The quantitative estimate of drug-likeness (QED) is 0.0513. The lowest BCUT2D eigenvalue weighted by atomic mass is 9.94. The van der Waals surface area contributed by atoms with Crippen LogP contribution in [0.1, 0.15) is 20.8 Å². The molecule has 0 aromatic rings. The van der Waals surface area contributed by atoms with E-state index in [-0.39, 0.29) is 0 Å². The van der Waals surface area contributed by atoms with Gasteiger partial charge in [-0.25, -0.2) is 0 Å². The van der Waals surface area contributed by atoms with Gasteiger partial charge in [-0.15, -0.1) is 0 Å². The van der Waals surface area contributed by atoms with Crippen molar-refractivity contribution in [3.05, 3.63) is 0 Å². The number of hydrogen-bond donors (Lipinski definition) is 7. The zero-order valence-corrected chi connectivity index (χ0v) is 59.7. The third-order valence-electron chi connectivity index (χ3n) is 20.2. The maximum atomic E-state index is 11.5. The SMILES string of the molecule is CO[C@@H]1[C@@H](OC)[C@H]2O[C@H]3[C@H](OC)[C@@H](OC)[C@@H](O[C@H]4[C@H](OC)[C@@H](OC)[C@@H](O[C@H]5[C@H](OC)[C@@H](OC)[C@@H](O[C@H]6[C@H](O[Si](C)(C)C(C)(C)C)[C@@H](OC)[C@@H](O[C@H]7[C@@H](OC)[C@H](OC)[C@@H](O[C@H]8[C@@H](OC)[C@H](OC)[C@@H](O[C@@H]1[C@@H](CO)O2)O[C@@H]8CO)O[C@@H]7CO)O[C@@H]6CO)O[C@@H]5CO)O[C@@H]4CO)O[C@@H]3CO. The highest BCUT2D eigenvalue weighted by molar-refractivity contribution is 6.74. The summed E-state index contributed by atoms with van der Waals surface area (Å²) in [7, 11) is 15.1. The molecule has 568 valence electrons. The molecule has 21 fully saturated rings. The second-order valence-electron chi connectivity index (χ2n) is 26.2. The van der Waals surface area contributed by atoms with Gasteiger partial charge in [0.25, 0.3) is 0 Å². The third-order valence-corrected chi connectivity index (χ3v) is 24.7. The molecule has 21 heterocycles. The maximum Gasteiger partial charge on any atom is 0.192 e. The summed E-state index contributed by atoms with van der Waals surface area (Å²) < 4.78 is 180.